The van der Waals surface area contributed by atoms with Crippen LogP contribution in [0.1, 0.15) is 21.7 Å². The van der Waals surface area contributed by atoms with Crippen molar-refractivity contribution in [2.24, 2.45) is 7.05 Å². The molecular weight excluding hydrogens is 328 g/mol. The highest BCUT2D eigenvalue weighted by atomic mass is 32.1. The number of carboxylic acid groups (broad SMARTS) is 1. The number of rotatable bonds is 3. The molecule has 2 heterocycles. The molecule has 0 amide bonds. The van der Waals surface area contributed by atoms with E-state index in [1.807, 2.05) is 29.2 Å². The Hall–Kier alpha value is -2.61. The highest BCUT2D eigenvalue weighted by Crippen LogP contribution is 2.26. The number of aryl methyl sites for hydroxylation is 1. The Kier molecular flexibility index (Phi) is 4.39. The monoisotopic (exact) mass is 346 g/mol. The molecule has 0 saturated heterocycles. The van der Waals surface area contributed by atoms with Gasteiger partial charge in [0, 0.05) is 37.8 Å². The second kappa shape index (κ2) is 6.48. The first kappa shape index (κ1) is 16.3. The summed E-state index contributed by atoms with van der Waals surface area (Å²) in [7, 11) is 3.37. The van der Waals surface area contributed by atoms with Gasteiger partial charge in [-0.3, -0.25) is 4.68 Å². The van der Waals surface area contributed by atoms with Crippen LogP contribution in [0.3, 0.4) is 0 Å². The van der Waals surface area contributed by atoms with Crippen molar-refractivity contribution in [3.8, 4) is 5.75 Å². The Labute approximate surface area is 144 Å². The SMILES string of the molecule is COc1ccccc1NC(=S)N1CCc2c(c(C(=O)O)nn2C)C1. The van der Waals surface area contributed by atoms with Gasteiger partial charge >= 0.3 is 5.97 Å². The molecule has 7 nitrogen and oxygen atoms in total. The molecule has 0 aliphatic carbocycles. The van der Waals surface area contributed by atoms with Gasteiger partial charge < -0.3 is 20.1 Å². The molecule has 1 aliphatic rings. The van der Waals surface area contributed by atoms with Gasteiger partial charge in [-0.1, -0.05) is 12.1 Å². The zero-order valence-electron chi connectivity index (χ0n) is 13.4. The Morgan fingerprint density at radius 1 is 1.42 bits per heavy atom. The molecule has 0 saturated carbocycles. The topological polar surface area (TPSA) is 79.6 Å². The predicted molar refractivity (Wildman–Crippen MR) is 93.5 cm³/mol. The maximum absolute atomic E-state index is 11.4. The van der Waals surface area contributed by atoms with Gasteiger partial charge in [0.05, 0.1) is 12.8 Å². The van der Waals surface area contributed by atoms with Crippen LogP contribution < -0.4 is 10.1 Å². The molecule has 2 N–H and O–H groups in total. The minimum atomic E-state index is -1.02. The average molecular weight is 346 g/mol. The summed E-state index contributed by atoms with van der Waals surface area (Å²) in [5.74, 6) is -0.317. The number of hydrogen-bond donors (Lipinski definition) is 2. The lowest BCUT2D eigenvalue weighted by Crippen LogP contribution is -2.39. The van der Waals surface area contributed by atoms with Crippen molar-refractivity contribution in [3.63, 3.8) is 0 Å². The number of nitrogens with zero attached hydrogens (tertiary/aromatic N) is 3. The van der Waals surface area contributed by atoms with E-state index in [9.17, 15) is 9.90 Å². The van der Waals surface area contributed by atoms with Gasteiger partial charge in [0.2, 0.25) is 0 Å². The second-order valence-corrected chi connectivity index (χ2v) is 5.89. The number of aromatic nitrogens is 2. The van der Waals surface area contributed by atoms with Crippen LogP contribution in [0.5, 0.6) is 5.75 Å². The van der Waals surface area contributed by atoms with Crippen LogP contribution >= 0.6 is 12.2 Å². The van der Waals surface area contributed by atoms with Gasteiger partial charge in [0.25, 0.3) is 0 Å². The van der Waals surface area contributed by atoms with Crippen molar-refractivity contribution < 1.29 is 14.6 Å². The van der Waals surface area contributed by atoms with Crippen LogP contribution in [0.15, 0.2) is 24.3 Å². The summed E-state index contributed by atoms with van der Waals surface area (Å²) < 4.78 is 6.96. The first-order chi connectivity index (χ1) is 11.5. The molecule has 0 fully saturated rings. The molecule has 1 aromatic heterocycles. The third-order valence-corrected chi connectivity index (χ3v) is 4.44. The maximum Gasteiger partial charge on any atom is 0.356 e. The maximum atomic E-state index is 11.4. The lowest BCUT2D eigenvalue weighted by molar-refractivity contribution is 0.0687. The lowest BCUT2D eigenvalue weighted by Gasteiger charge is -2.30. The molecule has 3 rings (SSSR count). The van der Waals surface area contributed by atoms with Gasteiger partial charge in [-0.2, -0.15) is 5.10 Å². The number of fused-ring (bicyclic) bond motifs is 1. The molecule has 8 heteroatoms. The molecule has 2 aromatic rings. The molecule has 1 aliphatic heterocycles. The number of ether oxygens (including phenoxy) is 1. The zero-order chi connectivity index (χ0) is 17.3. The van der Waals surface area contributed by atoms with Gasteiger partial charge in [-0.05, 0) is 24.4 Å². The third kappa shape index (κ3) is 2.92. The highest BCUT2D eigenvalue weighted by molar-refractivity contribution is 7.80. The summed E-state index contributed by atoms with van der Waals surface area (Å²) in [6, 6.07) is 7.51. The first-order valence-electron chi connectivity index (χ1n) is 7.48. The van der Waals surface area contributed by atoms with Gasteiger partial charge in [-0.25, -0.2) is 4.79 Å². The summed E-state index contributed by atoms with van der Waals surface area (Å²) in [6.45, 7) is 1.12. The number of anilines is 1. The Morgan fingerprint density at radius 2 is 2.17 bits per heavy atom. The molecular formula is C16H18N4O3S. The fourth-order valence-corrected chi connectivity index (χ4v) is 3.15. The number of carboxylic acids is 1. The van der Waals surface area contributed by atoms with Gasteiger partial charge in [0.1, 0.15) is 5.75 Å². The van der Waals surface area contributed by atoms with E-state index in [-0.39, 0.29) is 5.69 Å². The van der Waals surface area contributed by atoms with E-state index in [4.69, 9.17) is 17.0 Å². The van der Waals surface area contributed by atoms with Crippen molar-refractivity contribution in [3.05, 3.63) is 41.2 Å². The summed E-state index contributed by atoms with van der Waals surface area (Å²) in [6.07, 6.45) is 0.694. The fourth-order valence-electron chi connectivity index (χ4n) is 2.88. The number of nitrogens with one attached hydrogen (secondary N) is 1. The third-order valence-electron chi connectivity index (χ3n) is 4.08. The standard InChI is InChI=1S/C16H18N4O3S/c1-19-12-7-8-20(9-10(12)14(18-19)15(21)22)16(24)17-11-5-3-4-6-13(11)23-2/h3-6H,7-9H2,1-2H3,(H,17,24)(H,21,22). The van der Waals surface area contributed by atoms with Crippen LogP contribution in [0.2, 0.25) is 0 Å². The smallest absolute Gasteiger partial charge is 0.356 e. The van der Waals surface area contributed by atoms with Crippen LogP contribution in [0.4, 0.5) is 5.69 Å². The van der Waals surface area contributed by atoms with Crippen molar-refractivity contribution in [2.45, 2.75) is 13.0 Å². The molecule has 0 radical (unpaired) electrons. The normalized spacial score (nSPS) is 13.3. The van der Waals surface area contributed by atoms with E-state index in [1.54, 1.807) is 18.8 Å². The van der Waals surface area contributed by atoms with Crippen molar-refractivity contribution in [1.82, 2.24) is 14.7 Å². The lowest BCUT2D eigenvalue weighted by atomic mass is 10.1. The molecule has 0 unspecified atom stereocenters. The fraction of sp³-hybridized carbons (Fsp3) is 0.312. The number of aromatic carboxylic acids is 1. The summed E-state index contributed by atoms with van der Waals surface area (Å²) >= 11 is 5.49. The molecule has 24 heavy (non-hydrogen) atoms. The highest BCUT2D eigenvalue weighted by Gasteiger charge is 2.28. The number of thiocarbonyl (C=S) groups is 1. The number of methoxy groups -OCH3 is 1. The van der Waals surface area contributed by atoms with Crippen LogP contribution in [-0.4, -0.2) is 44.5 Å². The number of para-hydroxylation sites is 2. The van der Waals surface area contributed by atoms with Crippen molar-refractivity contribution >= 4 is 29.0 Å². The molecule has 1 aromatic carbocycles. The van der Waals surface area contributed by atoms with E-state index in [0.29, 0.717) is 30.4 Å². The Bertz CT molecular complexity index is 803. The Balaban J connectivity index is 1.80. The van der Waals surface area contributed by atoms with Crippen molar-refractivity contribution in [1.29, 1.82) is 0 Å². The predicted octanol–water partition coefficient (Wildman–Crippen LogP) is 1.88. The van der Waals surface area contributed by atoms with Crippen LogP contribution in [0, 0.1) is 0 Å². The summed E-state index contributed by atoms with van der Waals surface area (Å²) in [4.78, 5) is 13.3. The first-order valence-corrected chi connectivity index (χ1v) is 7.89. The van der Waals surface area contributed by atoms with E-state index < -0.39 is 5.97 Å². The average Bonchev–Trinajstić information content (AvgIpc) is 2.92. The quantitative estimate of drug-likeness (QED) is 0.822. The largest absolute Gasteiger partial charge is 0.495 e. The van der Waals surface area contributed by atoms with E-state index in [2.05, 4.69) is 10.4 Å². The van der Waals surface area contributed by atoms with Crippen molar-refractivity contribution in [2.75, 3.05) is 19.0 Å². The molecule has 0 atom stereocenters. The summed E-state index contributed by atoms with van der Waals surface area (Å²) in [5, 5.41) is 17.1. The zero-order valence-corrected chi connectivity index (χ0v) is 14.3. The van der Waals surface area contributed by atoms with E-state index >= 15 is 0 Å². The summed E-state index contributed by atoms with van der Waals surface area (Å²) in [5.41, 5.74) is 2.54. The number of carbonyl (C=O) groups is 1. The second-order valence-electron chi connectivity index (χ2n) is 5.50. The Morgan fingerprint density at radius 3 is 2.88 bits per heavy atom. The minimum absolute atomic E-state index is 0.0947. The van der Waals surface area contributed by atoms with E-state index in [0.717, 1.165) is 16.9 Å². The molecule has 0 bridgehead atoms. The number of hydrogen-bond acceptors (Lipinski definition) is 4. The van der Waals surface area contributed by atoms with Gasteiger partial charge in [0.15, 0.2) is 10.8 Å². The van der Waals surface area contributed by atoms with E-state index in [1.165, 1.54) is 0 Å². The van der Waals surface area contributed by atoms with Crippen LogP contribution in [-0.2, 0) is 20.0 Å². The van der Waals surface area contributed by atoms with Crippen LogP contribution in [0.25, 0.3) is 0 Å². The molecule has 0 spiro atoms. The minimum Gasteiger partial charge on any atom is -0.495 e. The van der Waals surface area contributed by atoms with Gasteiger partial charge in [-0.15, -0.1) is 0 Å². The molecule has 126 valence electrons. The number of benzene rings is 1.